The second-order valence-corrected chi connectivity index (χ2v) is 5.39. The van der Waals surface area contributed by atoms with Gasteiger partial charge in [0.15, 0.2) is 0 Å². The highest BCUT2D eigenvalue weighted by Gasteiger charge is 2.11. The fourth-order valence-corrected chi connectivity index (χ4v) is 2.40. The predicted octanol–water partition coefficient (Wildman–Crippen LogP) is 0.931. The summed E-state index contributed by atoms with van der Waals surface area (Å²) in [4.78, 5) is 18.7. The highest BCUT2D eigenvalue weighted by Crippen LogP contribution is 2.07. The molecule has 20 heavy (non-hydrogen) atoms. The van der Waals surface area contributed by atoms with E-state index in [0.29, 0.717) is 17.8 Å². The quantitative estimate of drug-likeness (QED) is 0.603. The lowest BCUT2D eigenvalue weighted by Crippen LogP contribution is -2.29. The van der Waals surface area contributed by atoms with Gasteiger partial charge in [0, 0.05) is 18.3 Å². The van der Waals surface area contributed by atoms with Crippen molar-refractivity contribution >= 4 is 23.1 Å². The minimum atomic E-state index is -0.152. The van der Waals surface area contributed by atoms with Crippen LogP contribution in [0, 0.1) is 0 Å². The Labute approximate surface area is 124 Å². The van der Waals surface area contributed by atoms with Gasteiger partial charge in [0.2, 0.25) is 0 Å². The molecule has 0 atom stereocenters. The van der Waals surface area contributed by atoms with Crippen molar-refractivity contribution in [2.24, 2.45) is 5.73 Å². The predicted molar refractivity (Wildman–Crippen MR) is 82.7 cm³/mol. The molecule has 0 unspecified atom stereocenters. The summed E-state index contributed by atoms with van der Waals surface area (Å²) in [6.45, 7) is 4.11. The Morgan fingerprint density at radius 2 is 2.15 bits per heavy atom. The maximum atomic E-state index is 11.9. The van der Waals surface area contributed by atoms with Crippen LogP contribution >= 0.6 is 12.2 Å². The number of aromatic nitrogens is 1. The number of hydrogen-bond donors (Lipinski definition) is 2. The number of nitrogens with zero attached hydrogens (tertiary/aromatic N) is 2. The van der Waals surface area contributed by atoms with Crippen molar-refractivity contribution < 1.29 is 4.79 Å². The largest absolute Gasteiger partial charge is 0.389 e. The van der Waals surface area contributed by atoms with E-state index in [9.17, 15) is 4.79 Å². The maximum Gasteiger partial charge on any atom is 0.269 e. The highest BCUT2D eigenvalue weighted by atomic mass is 32.1. The first kappa shape index (κ1) is 14.9. The first-order valence-electron chi connectivity index (χ1n) is 6.93. The molecule has 0 aliphatic carbocycles. The molecule has 1 fully saturated rings. The number of carbonyl (C=O) groups excluding carboxylic acids is 1. The maximum absolute atomic E-state index is 11.9. The van der Waals surface area contributed by atoms with Gasteiger partial charge >= 0.3 is 0 Å². The molecule has 1 aromatic heterocycles. The molecule has 2 rings (SSSR count). The first-order chi connectivity index (χ1) is 9.66. The Hall–Kier alpha value is -1.53. The van der Waals surface area contributed by atoms with Gasteiger partial charge in [-0.1, -0.05) is 12.2 Å². The second-order valence-electron chi connectivity index (χ2n) is 4.95. The zero-order valence-corrected chi connectivity index (χ0v) is 12.3. The summed E-state index contributed by atoms with van der Waals surface area (Å²) in [5, 5.41) is 2.88. The van der Waals surface area contributed by atoms with Crippen LogP contribution in [0.2, 0.25) is 0 Å². The summed E-state index contributed by atoms with van der Waals surface area (Å²) in [5.74, 6) is -0.152. The molecule has 0 spiro atoms. The van der Waals surface area contributed by atoms with Crippen molar-refractivity contribution in [3.05, 3.63) is 29.6 Å². The third kappa shape index (κ3) is 4.25. The van der Waals surface area contributed by atoms with Gasteiger partial charge in [-0.3, -0.25) is 9.78 Å². The Balaban J connectivity index is 1.72. The SMILES string of the molecule is NC(=S)c1ccc(C(=O)NCCCN2CCCC2)nc1. The minimum absolute atomic E-state index is 0.152. The van der Waals surface area contributed by atoms with Gasteiger partial charge in [0.05, 0.1) is 0 Å². The van der Waals surface area contributed by atoms with Crippen LogP contribution in [0.25, 0.3) is 0 Å². The monoisotopic (exact) mass is 292 g/mol. The smallest absolute Gasteiger partial charge is 0.269 e. The van der Waals surface area contributed by atoms with Crippen molar-refractivity contribution in [1.29, 1.82) is 0 Å². The number of rotatable bonds is 6. The van der Waals surface area contributed by atoms with Crippen LogP contribution in [0.15, 0.2) is 18.3 Å². The lowest BCUT2D eigenvalue weighted by atomic mass is 10.2. The lowest BCUT2D eigenvalue weighted by molar-refractivity contribution is 0.0947. The van der Waals surface area contributed by atoms with Crippen molar-refractivity contribution in [3.63, 3.8) is 0 Å². The van der Waals surface area contributed by atoms with Crippen LogP contribution in [0.3, 0.4) is 0 Å². The summed E-state index contributed by atoms with van der Waals surface area (Å²) < 4.78 is 0. The number of nitrogens with one attached hydrogen (secondary N) is 1. The molecule has 1 aliphatic rings. The minimum Gasteiger partial charge on any atom is -0.389 e. The number of nitrogens with two attached hydrogens (primary N) is 1. The standard InChI is InChI=1S/C14H20N4OS/c15-13(20)11-4-5-12(17-10-11)14(19)16-6-3-9-18-7-1-2-8-18/h4-5,10H,1-3,6-9H2,(H2,15,20)(H,16,19). The molecule has 1 saturated heterocycles. The van der Waals surface area contributed by atoms with E-state index in [1.54, 1.807) is 12.1 Å². The number of hydrogen-bond acceptors (Lipinski definition) is 4. The molecule has 1 aliphatic heterocycles. The topological polar surface area (TPSA) is 71.2 Å². The molecule has 0 aromatic carbocycles. The first-order valence-corrected chi connectivity index (χ1v) is 7.34. The van der Waals surface area contributed by atoms with Crippen molar-refractivity contribution in [2.75, 3.05) is 26.2 Å². The number of likely N-dealkylation sites (tertiary alicyclic amines) is 1. The van der Waals surface area contributed by atoms with Gasteiger partial charge < -0.3 is 16.0 Å². The number of carbonyl (C=O) groups is 1. The van der Waals surface area contributed by atoms with E-state index in [4.69, 9.17) is 18.0 Å². The van der Waals surface area contributed by atoms with Crippen LogP contribution in [0.4, 0.5) is 0 Å². The van der Waals surface area contributed by atoms with E-state index in [-0.39, 0.29) is 10.9 Å². The van der Waals surface area contributed by atoms with Crippen molar-refractivity contribution in [1.82, 2.24) is 15.2 Å². The number of thiocarbonyl (C=S) groups is 1. The molecule has 0 radical (unpaired) electrons. The fraction of sp³-hybridized carbons (Fsp3) is 0.500. The molecule has 3 N–H and O–H groups in total. The van der Waals surface area contributed by atoms with Crippen LogP contribution in [0.5, 0.6) is 0 Å². The summed E-state index contributed by atoms with van der Waals surface area (Å²) >= 11 is 4.84. The van der Waals surface area contributed by atoms with E-state index < -0.39 is 0 Å². The van der Waals surface area contributed by atoms with E-state index >= 15 is 0 Å². The molecule has 6 heteroatoms. The molecule has 2 heterocycles. The third-order valence-corrected chi connectivity index (χ3v) is 3.65. The fourth-order valence-electron chi connectivity index (χ4n) is 2.28. The van der Waals surface area contributed by atoms with Gasteiger partial charge in [-0.2, -0.15) is 0 Å². The van der Waals surface area contributed by atoms with Gasteiger partial charge in [-0.05, 0) is 51.0 Å². The summed E-state index contributed by atoms with van der Waals surface area (Å²) in [6.07, 6.45) is 5.09. The molecular formula is C14H20N4OS. The zero-order chi connectivity index (χ0) is 14.4. The Kier molecular flexibility index (Phi) is 5.43. The van der Waals surface area contributed by atoms with Crippen LogP contribution < -0.4 is 11.1 Å². The van der Waals surface area contributed by atoms with Crippen LogP contribution in [-0.2, 0) is 0 Å². The molecule has 108 valence electrons. The molecular weight excluding hydrogens is 272 g/mol. The van der Waals surface area contributed by atoms with Crippen molar-refractivity contribution in [3.8, 4) is 0 Å². The number of pyridine rings is 1. The highest BCUT2D eigenvalue weighted by molar-refractivity contribution is 7.80. The third-order valence-electron chi connectivity index (χ3n) is 3.42. The van der Waals surface area contributed by atoms with E-state index in [0.717, 1.165) is 13.0 Å². The Bertz CT molecular complexity index is 469. The molecule has 0 saturated carbocycles. The average Bonchev–Trinajstić information content (AvgIpc) is 2.96. The lowest BCUT2D eigenvalue weighted by Gasteiger charge is -2.14. The van der Waals surface area contributed by atoms with E-state index in [2.05, 4.69) is 15.2 Å². The normalized spacial score (nSPS) is 15.2. The molecule has 1 amide bonds. The van der Waals surface area contributed by atoms with Crippen LogP contribution in [0.1, 0.15) is 35.3 Å². The van der Waals surface area contributed by atoms with Crippen LogP contribution in [-0.4, -0.2) is 47.0 Å². The van der Waals surface area contributed by atoms with Crippen molar-refractivity contribution in [2.45, 2.75) is 19.3 Å². The molecule has 0 bridgehead atoms. The van der Waals surface area contributed by atoms with E-state index in [1.165, 1.54) is 32.1 Å². The van der Waals surface area contributed by atoms with Gasteiger partial charge in [0.1, 0.15) is 10.7 Å². The van der Waals surface area contributed by atoms with Gasteiger partial charge in [-0.15, -0.1) is 0 Å². The zero-order valence-electron chi connectivity index (χ0n) is 11.5. The Morgan fingerprint density at radius 1 is 1.40 bits per heavy atom. The average molecular weight is 292 g/mol. The summed E-state index contributed by atoms with van der Waals surface area (Å²) in [6, 6.07) is 3.36. The Morgan fingerprint density at radius 3 is 2.75 bits per heavy atom. The number of amides is 1. The molecule has 1 aromatic rings. The summed E-state index contributed by atoms with van der Waals surface area (Å²) in [7, 11) is 0. The summed E-state index contributed by atoms with van der Waals surface area (Å²) in [5.41, 5.74) is 6.55. The van der Waals surface area contributed by atoms with E-state index in [1.807, 2.05) is 0 Å². The van der Waals surface area contributed by atoms with Gasteiger partial charge in [-0.25, -0.2) is 0 Å². The second kappa shape index (κ2) is 7.31. The molecule has 5 nitrogen and oxygen atoms in total. The van der Waals surface area contributed by atoms with Gasteiger partial charge in [0.25, 0.3) is 5.91 Å².